The molecular weight excluding hydrogens is 470 g/mol. The quantitative estimate of drug-likeness (QED) is 0.493. The summed E-state index contributed by atoms with van der Waals surface area (Å²) in [6.07, 6.45) is 6.95. The SMILES string of the molecule is COc1cc(C=Nn2c(C3CCCCC3)nc3ccc(Br)cc3c2=O)cc(Cl)c1O. The van der Waals surface area contributed by atoms with Crippen LogP contribution >= 0.6 is 27.5 Å². The van der Waals surface area contributed by atoms with Gasteiger partial charge in [0.1, 0.15) is 5.82 Å². The molecule has 3 aromatic rings. The highest BCUT2D eigenvalue weighted by molar-refractivity contribution is 9.10. The van der Waals surface area contributed by atoms with Crippen molar-refractivity contribution in [2.45, 2.75) is 38.0 Å². The largest absolute Gasteiger partial charge is 0.503 e. The van der Waals surface area contributed by atoms with Gasteiger partial charge in [-0.05, 0) is 48.7 Å². The Balaban J connectivity index is 1.86. The van der Waals surface area contributed by atoms with Gasteiger partial charge in [-0.15, -0.1) is 0 Å². The molecule has 1 heterocycles. The van der Waals surface area contributed by atoms with Crippen LogP contribution < -0.4 is 10.3 Å². The molecular formula is C22H21BrClN3O3. The number of rotatable bonds is 4. The summed E-state index contributed by atoms with van der Waals surface area (Å²) in [6, 6.07) is 8.69. The molecule has 4 rings (SSSR count). The van der Waals surface area contributed by atoms with Crippen molar-refractivity contribution in [1.82, 2.24) is 9.66 Å². The topological polar surface area (TPSA) is 76.7 Å². The summed E-state index contributed by atoms with van der Waals surface area (Å²) in [5, 5.41) is 15.1. The van der Waals surface area contributed by atoms with Crippen molar-refractivity contribution in [2.24, 2.45) is 5.10 Å². The molecule has 0 aliphatic heterocycles. The van der Waals surface area contributed by atoms with Gasteiger partial charge in [-0.3, -0.25) is 4.79 Å². The summed E-state index contributed by atoms with van der Waals surface area (Å²) in [6.45, 7) is 0. The van der Waals surface area contributed by atoms with Gasteiger partial charge in [0.05, 0.1) is 29.2 Å². The fraction of sp³-hybridized carbons (Fsp3) is 0.318. The second kappa shape index (κ2) is 8.78. The minimum atomic E-state index is -0.213. The fourth-order valence-electron chi connectivity index (χ4n) is 3.85. The average molecular weight is 491 g/mol. The van der Waals surface area contributed by atoms with Crippen LogP contribution in [0.2, 0.25) is 5.02 Å². The Bertz CT molecular complexity index is 1190. The van der Waals surface area contributed by atoms with Crippen molar-refractivity contribution < 1.29 is 9.84 Å². The van der Waals surface area contributed by atoms with Crippen molar-refractivity contribution in [1.29, 1.82) is 0 Å². The first-order chi connectivity index (χ1) is 14.5. The van der Waals surface area contributed by atoms with E-state index >= 15 is 0 Å². The van der Waals surface area contributed by atoms with Crippen LogP contribution in [0, 0.1) is 0 Å². The summed E-state index contributed by atoms with van der Waals surface area (Å²) in [7, 11) is 1.45. The van der Waals surface area contributed by atoms with Gasteiger partial charge in [0.2, 0.25) is 0 Å². The van der Waals surface area contributed by atoms with Gasteiger partial charge in [-0.1, -0.05) is 46.8 Å². The lowest BCUT2D eigenvalue weighted by atomic mass is 9.88. The number of hydrogen-bond donors (Lipinski definition) is 1. The number of ether oxygens (including phenoxy) is 1. The minimum absolute atomic E-state index is 0.131. The molecule has 1 fully saturated rings. The highest BCUT2D eigenvalue weighted by Gasteiger charge is 2.22. The van der Waals surface area contributed by atoms with Crippen LogP contribution in [-0.2, 0) is 0 Å². The fourth-order valence-corrected chi connectivity index (χ4v) is 4.43. The molecule has 1 saturated carbocycles. The minimum Gasteiger partial charge on any atom is -0.503 e. The van der Waals surface area contributed by atoms with E-state index in [0.29, 0.717) is 22.3 Å². The number of benzene rings is 2. The molecule has 1 aromatic heterocycles. The number of halogens is 2. The Morgan fingerprint density at radius 2 is 2.03 bits per heavy atom. The van der Waals surface area contributed by atoms with E-state index in [4.69, 9.17) is 21.3 Å². The highest BCUT2D eigenvalue weighted by atomic mass is 79.9. The molecule has 0 atom stereocenters. The van der Waals surface area contributed by atoms with E-state index in [1.54, 1.807) is 18.2 Å². The van der Waals surface area contributed by atoms with Gasteiger partial charge >= 0.3 is 0 Å². The number of fused-ring (bicyclic) bond motifs is 1. The number of hydrogen-bond acceptors (Lipinski definition) is 5. The molecule has 0 bridgehead atoms. The van der Waals surface area contributed by atoms with Gasteiger partial charge < -0.3 is 9.84 Å². The molecule has 1 N–H and O–H groups in total. The van der Waals surface area contributed by atoms with Gasteiger partial charge in [-0.25, -0.2) is 4.98 Å². The van der Waals surface area contributed by atoms with Gasteiger partial charge in [0, 0.05) is 10.4 Å². The first kappa shape index (κ1) is 20.9. The number of aromatic hydroxyl groups is 1. The third kappa shape index (κ3) is 4.09. The van der Waals surface area contributed by atoms with Crippen molar-refractivity contribution in [2.75, 3.05) is 7.11 Å². The van der Waals surface area contributed by atoms with Crippen molar-refractivity contribution in [3.8, 4) is 11.5 Å². The molecule has 6 nitrogen and oxygen atoms in total. The summed E-state index contributed by atoms with van der Waals surface area (Å²) in [4.78, 5) is 18.1. The van der Waals surface area contributed by atoms with Crippen LogP contribution in [0.1, 0.15) is 49.4 Å². The lowest BCUT2D eigenvalue weighted by Gasteiger charge is -2.22. The van der Waals surface area contributed by atoms with Gasteiger partial charge in [0.15, 0.2) is 11.5 Å². The van der Waals surface area contributed by atoms with Crippen LogP contribution in [-0.4, -0.2) is 28.1 Å². The molecule has 1 aliphatic rings. The number of methoxy groups -OCH3 is 1. The first-order valence-electron chi connectivity index (χ1n) is 9.81. The Labute approximate surface area is 187 Å². The van der Waals surface area contributed by atoms with E-state index < -0.39 is 0 Å². The van der Waals surface area contributed by atoms with E-state index in [2.05, 4.69) is 21.0 Å². The predicted octanol–water partition coefficient (Wildman–Crippen LogP) is 5.46. The zero-order chi connectivity index (χ0) is 21.3. The monoisotopic (exact) mass is 489 g/mol. The van der Waals surface area contributed by atoms with E-state index in [1.165, 1.54) is 24.4 Å². The maximum absolute atomic E-state index is 13.3. The van der Waals surface area contributed by atoms with Crippen LogP contribution in [0.3, 0.4) is 0 Å². The Morgan fingerprint density at radius 3 is 2.77 bits per heavy atom. The smallest absolute Gasteiger partial charge is 0.282 e. The van der Waals surface area contributed by atoms with E-state index in [0.717, 1.165) is 30.2 Å². The summed E-state index contributed by atoms with van der Waals surface area (Å²) < 4.78 is 7.36. The second-order valence-electron chi connectivity index (χ2n) is 7.38. The van der Waals surface area contributed by atoms with Crippen LogP contribution in [0.25, 0.3) is 10.9 Å². The zero-order valence-corrected chi connectivity index (χ0v) is 18.8. The molecule has 0 amide bonds. The third-order valence-electron chi connectivity index (χ3n) is 5.40. The summed E-state index contributed by atoms with van der Waals surface area (Å²) in [5.74, 6) is 0.982. The molecule has 8 heteroatoms. The maximum atomic E-state index is 13.3. The Morgan fingerprint density at radius 1 is 1.27 bits per heavy atom. The molecule has 156 valence electrons. The van der Waals surface area contributed by atoms with Crippen molar-refractivity contribution in [3.05, 3.63) is 61.6 Å². The molecule has 0 saturated heterocycles. The molecule has 0 spiro atoms. The molecule has 1 aliphatic carbocycles. The summed E-state index contributed by atoms with van der Waals surface area (Å²) in [5.41, 5.74) is 1.06. The third-order valence-corrected chi connectivity index (χ3v) is 6.18. The number of aromatic nitrogens is 2. The number of phenolic OH excluding ortho intramolecular Hbond substituents is 1. The molecule has 0 radical (unpaired) electrons. The van der Waals surface area contributed by atoms with E-state index in [1.807, 2.05) is 12.1 Å². The highest BCUT2D eigenvalue weighted by Crippen LogP contribution is 2.35. The molecule has 2 aromatic carbocycles. The van der Waals surface area contributed by atoms with E-state index in [9.17, 15) is 9.90 Å². The molecule has 0 unspecified atom stereocenters. The number of phenols is 1. The van der Waals surface area contributed by atoms with Crippen molar-refractivity contribution >= 4 is 44.6 Å². The Hall–Kier alpha value is -2.38. The van der Waals surface area contributed by atoms with Gasteiger partial charge in [0.25, 0.3) is 5.56 Å². The van der Waals surface area contributed by atoms with Crippen LogP contribution in [0.5, 0.6) is 11.5 Å². The molecule has 30 heavy (non-hydrogen) atoms. The number of nitrogens with zero attached hydrogens (tertiary/aromatic N) is 3. The van der Waals surface area contributed by atoms with Gasteiger partial charge in [-0.2, -0.15) is 9.78 Å². The zero-order valence-electron chi connectivity index (χ0n) is 16.4. The predicted molar refractivity (Wildman–Crippen MR) is 122 cm³/mol. The standard InChI is InChI=1S/C22H21BrClN3O3/c1-30-19-10-13(9-17(24)20(19)28)12-25-27-21(14-5-3-2-4-6-14)26-18-8-7-15(23)11-16(18)22(27)29/h7-12,14,28H,2-6H2,1H3. The van der Waals surface area contributed by atoms with Crippen molar-refractivity contribution in [3.63, 3.8) is 0 Å². The van der Waals surface area contributed by atoms with E-state index in [-0.39, 0.29) is 28.0 Å². The lowest BCUT2D eigenvalue weighted by molar-refractivity contribution is 0.373. The summed E-state index contributed by atoms with van der Waals surface area (Å²) >= 11 is 9.51. The second-order valence-corrected chi connectivity index (χ2v) is 8.70. The Kier molecular flexibility index (Phi) is 6.11. The average Bonchev–Trinajstić information content (AvgIpc) is 2.76. The lowest BCUT2D eigenvalue weighted by Crippen LogP contribution is -2.25. The normalized spacial score (nSPS) is 15.2. The van der Waals surface area contributed by atoms with Crippen LogP contribution in [0.15, 0.2) is 44.7 Å². The maximum Gasteiger partial charge on any atom is 0.282 e. The van der Waals surface area contributed by atoms with Crippen LogP contribution in [0.4, 0.5) is 0 Å². The first-order valence-corrected chi connectivity index (χ1v) is 11.0.